The minimum atomic E-state index is -0.412. The van der Waals surface area contributed by atoms with E-state index in [2.05, 4.69) is 9.88 Å². The summed E-state index contributed by atoms with van der Waals surface area (Å²) in [5.41, 5.74) is 7.74. The second kappa shape index (κ2) is 4.56. The third-order valence-corrected chi connectivity index (χ3v) is 5.07. The molecule has 1 aromatic carbocycles. The Kier molecular flexibility index (Phi) is 2.79. The molecule has 2 fully saturated rings. The van der Waals surface area contributed by atoms with E-state index >= 15 is 0 Å². The normalized spacial score (nSPS) is 28.7. The van der Waals surface area contributed by atoms with Gasteiger partial charge < -0.3 is 15.6 Å². The molecule has 0 atom stereocenters. The van der Waals surface area contributed by atoms with Crippen LogP contribution < -0.4 is 5.73 Å². The number of para-hydroxylation sites is 1. The smallest absolute Gasteiger partial charge is 0.250 e. The van der Waals surface area contributed by atoms with Gasteiger partial charge in [-0.3, -0.25) is 4.79 Å². The predicted octanol–water partition coefficient (Wildman–Crippen LogP) is 1.79. The summed E-state index contributed by atoms with van der Waals surface area (Å²) >= 11 is 0. The average molecular weight is 284 g/mol. The highest BCUT2D eigenvalue weighted by atomic mass is 16.1. The fourth-order valence-corrected chi connectivity index (χ4v) is 4.06. The van der Waals surface area contributed by atoms with Crippen LogP contribution in [0.25, 0.3) is 11.0 Å². The minimum Gasteiger partial charge on any atom is -0.366 e. The number of aromatic amines is 1. The molecular weight excluding hydrogens is 264 g/mol. The van der Waals surface area contributed by atoms with Gasteiger partial charge in [-0.15, -0.1) is 0 Å². The summed E-state index contributed by atoms with van der Waals surface area (Å²) in [6.07, 6.45) is 4.80. The Morgan fingerprint density at radius 1 is 1.29 bits per heavy atom. The first-order valence-corrected chi connectivity index (χ1v) is 7.69. The van der Waals surface area contributed by atoms with Crippen molar-refractivity contribution in [1.29, 1.82) is 0 Å². The van der Waals surface area contributed by atoms with Gasteiger partial charge in [-0.25, -0.2) is 4.98 Å². The van der Waals surface area contributed by atoms with Crippen LogP contribution in [0.3, 0.4) is 0 Å². The summed E-state index contributed by atoms with van der Waals surface area (Å²) in [4.78, 5) is 22.4. The number of imidazole rings is 1. The van der Waals surface area contributed by atoms with Crippen LogP contribution in [0.15, 0.2) is 18.2 Å². The monoisotopic (exact) mass is 284 g/mol. The number of piperidine rings is 2. The lowest BCUT2D eigenvalue weighted by molar-refractivity contribution is 0.0893. The molecule has 0 spiro atoms. The summed E-state index contributed by atoms with van der Waals surface area (Å²) in [6.45, 7) is 3.49. The highest BCUT2D eigenvalue weighted by Crippen LogP contribution is 2.40. The largest absolute Gasteiger partial charge is 0.366 e. The molecule has 0 radical (unpaired) electrons. The number of nitrogens with zero attached hydrogens (tertiary/aromatic N) is 2. The minimum absolute atomic E-state index is 0.129. The number of carbonyl (C=O) groups excluding carboxylic acids is 1. The van der Waals surface area contributed by atoms with Gasteiger partial charge in [-0.05, 0) is 50.9 Å². The molecule has 0 aliphatic carbocycles. The maximum absolute atomic E-state index is 11.6. The molecular formula is C16H20N4O. The Bertz CT molecular complexity index is 695. The number of hydrogen-bond acceptors (Lipinski definition) is 3. The van der Waals surface area contributed by atoms with Crippen LogP contribution in [-0.2, 0) is 5.41 Å². The number of benzene rings is 1. The van der Waals surface area contributed by atoms with Crippen molar-refractivity contribution in [3.05, 3.63) is 29.6 Å². The topological polar surface area (TPSA) is 75.0 Å². The fourth-order valence-electron chi connectivity index (χ4n) is 4.06. The molecule has 5 heteroatoms. The fraction of sp³-hybridized carbons (Fsp3) is 0.500. The van der Waals surface area contributed by atoms with Crippen molar-refractivity contribution in [3.63, 3.8) is 0 Å². The van der Waals surface area contributed by atoms with Gasteiger partial charge in [-0.2, -0.15) is 0 Å². The average Bonchev–Trinajstić information content (AvgIpc) is 2.91. The molecule has 2 aliphatic rings. The Balaban J connectivity index is 1.83. The van der Waals surface area contributed by atoms with Crippen LogP contribution in [0.1, 0.15) is 41.9 Å². The Morgan fingerprint density at radius 3 is 2.76 bits per heavy atom. The Labute approximate surface area is 123 Å². The van der Waals surface area contributed by atoms with E-state index in [0.29, 0.717) is 5.56 Å². The zero-order chi connectivity index (χ0) is 14.4. The van der Waals surface area contributed by atoms with Crippen molar-refractivity contribution in [2.45, 2.75) is 31.1 Å². The standard InChI is InChI=1S/C16H20N4O/c17-14(21)11-4-1-5-12-13(11)19-15(18-12)16-6-2-8-20(10-16)9-3-7-16/h1,4-5H,2-3,6-10H2,(H2,17,21)(H,18,19). The Hall–Kier alpha value is -1.88. The van der Waals surface area contributed by atoms with E-state index in [9.17, 15) is 4.79 Å². The van der Waals surface area contributed by atoms with Crippen LogP contribution >= 0.6 is 0 Å². The lowest BCUT2D eigenvalue weighted by Gasteiger charge is -2.46. The van der Waals surface area contributed by atoms with Crippen molar-refractivity contribution in [1.82, 2.24) is 14.9 Å². The first-order valence-electron chi connectivity index (χ1n) is 7.69. The maximum Gasteiger partial charge on any atom is 0.250 e. The molecule has 4 rings (SSSR count). The van der Waals surface area contributed by atoms with Crippen molar-refractivity contribution in [2.75, 3.05) is 19.6 Å². The van der Waals surface area contributed by atoms with E-state index in [0.717, 1.165) is 23.4 Å². The molecule has 2 bridgehead atoms. The van der Waals surface area contributed by atoms with Crippen LogP contribution in [0.2, 0.25) is 0 Å². The number of nitrogens with one attached hydrogen (secondary N) is 1. The van der Waals surface area contributed by atoms with Gasteiger partial charge in [0.2, 0.25) is 0 Å². The molecule has 2 aliphatic heterocycles. The molecule has 3 N–H and O–H groups in total. The van der Waals surface area contributed by atoms with E-state index in [1.54, 1.807) is 6.07 Å². The lowest BCUT2D eigenvalue weighted by atomic mass is 9.73. The number of aromatic nitrogens is 2. The highest BCUT2D eigenvalue weighted by molar-refractivity contribution is 6.04. The van der Waals surface area contributed by atoms with Gasteiger partial charge in [0.05, 0.1) is 11.1 Å². The molecule has 0 unspecified atom stereocenters. The molecule has 2 saturated heterocycles. The number of H-pyrrole nitrogens is 1. The SMILES string of the molecule is NC(=O)c1cccc2[nH]c(C34CCCN(CCC3)C4)nc12. The Morgan fingerprint density at radius 2 is 2.05 bits per heavy atom. The second-order valence-electron chi connectivity index (χ2n) is 6.41. The highest BCUT2D eigenvalue weighted by Gasteiger charge is 2.42. The third kappa shape index (κ3) is 1.95. The molecule has 5 nitrogen and oxygen atoms in total. The van der Waals surface area contributed by atoms with E-state index in [4.69, 9.17) is 10.7 Å². The lowest BCUT2D eigenvalue weighted by Crippen LogP contribution is -2.50. The van der Waals surface area contributed by atoms with Gasteiger partial charge in [-0.1, -0.05) is 6.07 Å². The molecule has 3 heterocycles. The molecule has 110 valence electrons. The summed E-state index contributed by atoms with van der Waals surface area (Å²) in [6, 6.07) is 5.58. The van der Waals surface area contributed by atoms with Gasteiger partial charge in [0, 0.05) is 12.0 Å². The number of nitrogens with two attached hydrogens (primary N) is 1. The maximum atomic E-state index is 11.6. The molecule has 2 aromatic rings. The van der Waals surface area contributed by atoms with Crippen LogP contribution in [0.5, 0.6) is 0 Å². The summed E-state index contributed by atoms with van der Waals surface area (Å²) in [5.74, 6) is 0.626. The van der Waals surface area contributed by atoms with Gasteiger partial charge in [0.25, 0.3) is 5.91 Å². The van der Waals surface area contributed by atoms with Crippen LogP contribution in [0, 0.1) is 0 Å². The number of fused-ring (bicyclic) bond motifs is 3. The summed E-state index contributed by atoms with van der Waals surface area (Å²) in [5, 5.41) is 0. The number of amides is 1. The first-order chi connectivity index (χ1) is 10.2. The summed E-state index contributed by atoms with van der Waals surface area (Å²) < 4.78 is 0. The van der Waals surface area contributed by atoms with Crippen molar-refractivity contribution in [2.24, 2.45) is 5.73 Å². The third-order valence-electron chi connectivity index (χ3n) is 5.07. The van der Waals surface area contributed by atoms with Gasteiger partial charge >= 0.3 is 0 Å². The molecule has 0 saturated carbocycles. The predicted molar refractivity (Wildman–Crippen MR) is 81.2 cm³/mol. The second-order valence-corrected chi connectivity index (χ2v) is 6.41. The van der Waals surface area contributed by atoms with Crippen LogP contribution in [0.4, 0.5) is 0 Å². The molecule has 1 amide bonds. The van der Waals surface area contributed by atoms with E-state index in [1.807, 2.05) is 12.1 Å². The van der Waals surface area contributed by atoms with Crippen molar-refractivity contribution >= 4 is 16.9 Å². The number of hydrogen-bond donors (Lipinski definition) is 2. The van der Waals surface area contributed by atoms with Gasteiger partial charge in [0.15, 0.2) is 0 Å². The van der Waals surface area contributed by atoms with E-state index in [1.165, 1.54) is 38.8 Å². The molecule has 1 aromatic heterocycles. The van der Waals surface area contributed by atoms with E-state index < -0.39 is 5.91 Å². The quantitative estimate of drug-likeness (QED) is 0.883. The number of carbonyl (C=O) groups is 1. The van der Waals surface area contributed by atoms with E-state index in [-0.39, 0.29) is 5.41 Å². The van der Waals surface area contributed by atoms with Crippen molar-refractivity contribution < 1.29 is 4.79 Å². The van der Waals surface area contributed by atoms with Crippen molar-refractivity contribution in [3.8, 4) is 0 Å². The zero-order valence-corrected chi connectivity index (χ0v) is 12.1. The molecule has 21 heavy (non-hydrogen) atoms. The number of primary amides is 1. The summed E-state index contributed by atoms with van der Waals surface area (Å²) in [7, 11) is 0. The first kappa shape index (κ1) is 12.8. The zero-order valence-electron chi connectivity index (χ0n) is 12.1. The number of rotatable bonds is 2. The van der Waals surface area contributed by atoms with Gasteiger partial charge in [0.1, 0.15) is 11.3 Å². The van der Waals surface area contributed by atoms with Crippen LogP contribution in [-0.4, -0.2) is 40.4 Å².